The van der Waals surface area contributed by atoms with Crippen molar-refractivity contribution in [3.05, 3.63) is 23.0 Å². The molecule has 0 aliphatic heterocycles. The van der Waals surface area contributed by atoms with Gasteiger partial charge in [-0.2, -0.15) is 0 Å². The lowest BCUT2D eigenvalue weighted by Gasteiger charge is -2.32. The summed E-state index contributed by atoms with van der Waals surface area (Å²) in [5, 5.41) is 0. The molecule has 0 amide bonds. The van der Waals surface area contributed by atoms with Crippen LogP contribution in [-0.4, -0.2) is 4.57 Å². The van der Waals surface area contributed by atoms with E-state index in [9.17, 15) is 0 Å². The number of hydrogen-bond donors (Lipinski definition) is 0. The fraction of sp³-hybridized carbons (Fsp3) is 0.800. The summed E-state index contributed by atoms with van der Waals surface area (Å²) in [7, 11) is 2.25. The predicted octanol–water partition coefficient (Wildman–Crippen LogP) is 6.45. The quantitative estimate of drug-likeness (QED) is 0.436. The van der Waals surface area contributed by atoms with Crippen molar-refractivity contribution < 1.29 is 0 Å². The zero-order valence-corrected chi connectivity index (χ0v) is 15.4. The van der Waals surface area contributed by atoms with Gasteiger partial charge in [-0.3, -0.25) is 0 Å². The molecule has 0 aliphatic carbocycles. The van der Waals surface area contributed by atoms with Crippen molar-refractivity contribution in [1.82, 2.24) is 4.57 Å². The smallest absolute Gasteiger partial charge is 0.0262 e. The van der Waals surface area contributed by atoms with E-state index >= 15 is 0 Å². The van der Waals surface area contributed by atoms with E-state index in [0.717, 1.165) is 0 Å². The van der Waals surface area contributed by atoms with E-state index in [1.54, 1.807) is 5.69 Å². The Bertz CT molecular complexity index is 416. The second-order valence-corrected chi connectivity index (χ2v) is 7.20. The maximum Gasteiger partial charge on any atom is 0.0262 e. The molecule has 1 aromatic rings. The fourth-order valence-corrected chi connectivity index (χ4v) is 3.87. The molecule has 0 aromatic carbocycles. The van der Waals surface area contributed by atoms with Crippen LogP contribution in [0.15, 0.2) is 6.07 Å². The van der Waals surface area contributed by atoms with Crippen LogP contribution in [0.25, 0.3) is 0 Å². The van der Waals surface area contributed by atoms with Gasteiger partial charge in [0.15, 0.2) is 0 Å². The molecular formula is C20H37N. The van der Waals surface area contributed by atoms with Crippen LogP contribution in [0.3, 0.4) is 0 Å². The van der Waals surface area contributed by atoms with Gasteiger partial charge in [0.2, 0.25) is 0 Å². The van der Waals surface area contributed by atoms with Gasteiger partial charge < -0.3 is 4.57 Å². The third-order valence-electron chi connectivity index (χ3n) is 5.15. The predicted molar refractivity (Wildman–Crippen MR) is 95.1 cm³/mol. The summed E-state index contributed by atoms with van der Waals surface area (Å²) in [4.78, 5) is 0. The summed E-state index contributed by atoms with van der Waals surface area (Å²) in [6, 6.07) is 2.36. The van der Waals surface area contributed by atoms with Crippen LogP contribution in [0.2, 0.25) is 0 Å². The molecule has 1 heterocycles. The average Bonchev–Trinajstić information content (AvgIpc) is 2.69. The van der Waals surface area contributed by atoms with E-state index in [4.69, 9.17) is 0 Å². The molecule has 0 aliphatic rings. The zero-order chi connectivity index (χ0) is 15.9. The summed E-state index contributed by atoms with van der Waals surface area (Å²) >= 11 is 0. The van der Waals surface area contributed by atoms with Crippen molar-refractivity contribution in [2.45, 2.75) is 97.8 Å². The Morgan fingerprint density at radius 2 is 1.43 bits per heavy atom. The van der Waals surface area contributed by atoms with Gasteiger partial charge in [-0.05, 0) is 38.3 Å². The Labute approximate surface area is 133 Å². The topological polar surface area (TPSA) is 4.93 Å². The van der Waals surface area contributed by atoms with Gasteiger partial charge in [-0.15, -0.1) is 0 Å². The molecule has 0 saturated heterocycles. The Morgan fingerprint density at radius 3 is 1.90 bits per heavy atom. The Kier molecular flexibility index (Phi) is 7.56. The molecule has 1 heteroatoms. The number of nitrogens with zero attached hydrogens (tertiary/aromatic N) is 1. The van der Waals surface area contributed by atoms with E-state index in [2.05, 4.69) is 52.3 Å². The van der Waals surface area contributed by atoms with E-state index in [0.29, 0.717) is 5.41 Å². The maximum absolute atomic E-state index is 2.51. The van der Waals surface area contributed by atoms with E-state index in [1.165, 1.54) is 69.0 Å². The standard InChI is InChI=1S/C20H37N/c1-7-9-11-13-15-20(5,14-12-10-8-2)19-17(3)16-18(4)21(19)6/h16H,7-15H2,1-6H3. The highest BCUT2D eigenvalue weighted by molar-refractivity contribution is 5.32. The van der Waals surface area contributed by atoms with Crippen molar-refractivity contribution in [2.75, 3.05) is 0 Å². The van der Waals surface area contributed by atoms with Crippen molar-refractivity contribution in [1.29, 1.82) is 0 Å². The molecule has 0 fully saturated rings. The molecule has 0 saturated carbocycles. The largest absolute Gasteiger partial charge is 0.351 e. The lowest BCUT2D eigenvalue weighted by Crippen LogP contribution is -2.26. The highest BCUT2D eigenvalue weighted by Crippen LogP contribution is 2.38. The second kappa shape index (κ2) is 8.66. The Balaban J connectivity index is 2.88. The number of unbranched alkanes of at least 4 members (excludes halogenated alkanes) is 5. The van der Waals surface area contributed by atoms with E-state index in [-0.39, 0.29) is 0 Å². The minimum absolute atomic E-state index is 0.357. The second-order valence-electron chi connectivity index (χ2n) is 7.20. The fourth-order valence-electron chi connectivity index (χ4n) is 3.87. The van der Waals surface area contributed by atoms with Crippen LogP contribution >= 0.6 is 0 Å². The number of aryl methyl sites for hydroxylation is 2. The first-order valence-electron chi connectivity index (χ1n) is 9.09. The highest BCUT2D eigenvalue weighted by atomic mass is 15.0. The van der Waals surface area contributed by atoms with Crippen LogP contribution in [0, 0.1) is 13.8 Å². The average molecular weight is 292 g/mol. The number of aromatic nitrogens is 1. The molecular weight excluding hydrogens is 254 g/mol. The monoisotopic (exact) mass is 291 g/mol. The van der Waals surface area contributed by atoms with Crippen LogP contribution < -0.4 is 0 Å². The van der Waals surface area contributed by atoms with Gasteiger partial charge in [0, 0.05) is 23.9 Å². The summed E-state index contributed by atoms with van der Waals surface area (Å²) in [5.41, 5.74) is 4.84. The van der Waals surface area contributed by atoms with Gasteiger partial charge in [0.25, 0.3) is 0 Å². The molecule has 1 nitrogen and oxygen atoms in total. The van der Waals surface area contributed by atoms with Crippen LogP contribution in [0.1, 0.15) is 95.5 Å². The lowest BCUT2D eigenvalue weighted by atomic mass is 9.75. The van der Waals surface area contributed by atoms with Gasteiger partial charge in [-0.25, -0.2) is 0 Å². The normalized spacial score (nSPS) is 14.4. The van der Waals surface area contributed by atoms with Crippen molar-refractivity contribution in [3.63, 3.8) is 0 Å². The Hall–Kier alpha value is -0.720. The summed E-state index contributed by atoms with van der Waals surface area (Å²) in [6.45, 7) is 11.6. The van der Waals surface area contributed by atoms with Crippen molar-refractivity contribution in [3.8, 4) is 0 Å². The number of rotatable bonds is 10. The molecule has 0 spiro atoms. The molecule has 1 rings (SSSR count). The highest BCUT2D eigenvalue weighted by Gasteiger charge is 2.30. The van der Waals surface area contributed by atoms with Gasteiger partial charge >= 0.3 is 0 Å². The first-order chi connectivity index (χ1) is 9.96. The van der Waals surface area contributed by atoms with Crippen LogP contribution in [0.4, 0.5) is 0 Å². The molecule has 1 unspecified atom stereocenters. The summed E-state index contributed by atoms with van der Waals surface area (Å²) in [5.74, 6) is 0. The first kappa shape index (κ1) is 18.3. The van der Waals surface area contributed by atoms with Gasteiger partial charge in [0.1, 0.15) is 0 Å². The molecule has 1 aromatic heterocycles. The molecule has 0 radical (unpaired) electrons. The number of hydrogen-bond acceptors (Lipinski definition) is 0. The minimum atomic E-state index is 0.357. The van der Waals surface area contributed by atoms with Crippen LogP contribution in [0.5, 0.6) is 0 Å². The SMILES string of the molecule is CCCCCCC(C)(CCCCC)c1c(C)cc(C)n1C. The summed E-state index contributed by atoms with van der Waals surface area (Å²) in [6.07, 6.45) is 12.2. The minimum Gasteiger partial charge on any atom is -0.351 e. The molecule has 0 bridgehead atoms. The third-order valence-corrected chi connectivity index (χ3v) is 5.15. The van der Waals surface area contributed by atoms with E-state index < -0.39 is 0 Å². The van der Waals surface area contributed by atoms with Gasteiger partial charge in [0.05, 0.1) is 0 Å². The summed E-state index contributed by atoms with van der Waals surface area (Å²) < 4.78 is 2.45. The maximum atomic E-state index is 2.51. The van der Waals surface area contributed by atoms with Crippen molar-refractivity contribution in [2.24, 2.45) is 7.05 Å². The van der Waals surface area contributed by atoms with Crippen molar-refractivity contribution >= 4 is 0 Å². The lowest BCUT2D eigenvalue weighted by molar-refractivity contribution is 0.346. The molecule has 0 N–H and O–H groups in total. The zero-order valence-electron chi connectivity index (χ0n) is 15.4. The molecule has 1 atom stereocenters. The Morgan fingerprint density at radius 1 is 0.905 bits per heavy atom. The third kappa shape index (κ3) is 4.90. The van der Waals surface area contributed by atoms with Gasteiger partial charge in [-0.1, -0.05) is 65.7 Å². The molecule has 122 valence electrons. The van der Waals surface area contributed by atoms with E-state index in [1.807, 2.05) is 0 Å². The first-order valence-corrected chi connectivity index (χ1v) is 9.09. The molecule has 21 heavy (non-hydrogen) atoms. The van der Waals surface area contributed by atoms with Crippen LogP contribution in [-0.2, 0) is 12.5 Å².